The number of rotatable bonds is 8. The van der Waals surface area contributed by atoms with Gasteiger partial charge in [-0.3, -0.25) is 9.69 Å². The van der Waals surface area contributed by atoms with Crippen LogP contribution in [0.2, 0.25) is 0 Å². The van der Waals surface area contributed by atoms with E-state index in [1.807, 2.05) is 60.7 Å². The molecule has 0 aliphatic carbocycles. The number of hydrogen-bond donors (Lipinski definition) is 1. The van der Waals surface area contributed by atoms with Crippen molar-refractivity contribution in [2.45, 2.75) is 31.5 Å². The summed E-state index contributed by atoms with van der Waals surface area (Å²) in [4.78, 5) is 14.2. The van der Waals surface area contributed by atoms with E-state index < -0.39 is 12.0 Å². The molecule has 0 radical (unpaired) electrons. The predicted molar refractivity (Wildman–Crippen MR) is 138 cm³/mol. The molecule has 4 nitrogen and oxygen atoms in total. The van der Waals surface area contributed by atoms with Crippen molar-refractivity contribution in [2.75, 3.05) is 6.54 Å². The maximum atomic E-state index is 12.0. The summed E-state index contributed by atoms with van der Waals surface area (Å²) in [6.45, 7) is 1.27. The largest absolute Gasteiger partial charge is 0.489 e. The van der Waals surface area contributed by atoms with Crippen molar-refractivity contribution in [3.8, 4) is 16.9 Å². The number of carboxylic acid groups (broad SMARTS) is 1. The van der Waals surface area contributed by atoms with Crippen LogP contribution < -0.4 is 4.74 Å². The molecule has 0 amide bonds. The molecule has 0 aromatic heterocycles. The highest BCUT2D eigenvalue weighted by molar-refractivity contribution is 5.74. The normalized spacial score (nSPS) is 16.6. The standard InChI is InChI=1S/C31H29NO3/c33-31(34)29-12-7-21-32(29)30(26-15-13-25(14-16-26)24-10-5-2-6-11-24)27-17-19-28(20-18-27)35-22-23-8-3-1-4-9-23/h1-6,8-11,13-20,29-30H,7,12,21-22H2,(H,33,34). The summed E-state index contributed by atoms with van der Waals surface area (Å²) in [6, 6.07) is 36.4. The zero-order chi connectivity index (χ0) is 24.0. The van der Waals surface area contributed by atoms with Crippen molar-refractivity contribution in [1.82, 2.24) is 4.90 Å². The predicted octanol–water partition coefficient (Wildman–Crippen LogP) is 6.57. The van der Waals surface area contributed by atoms with Crippen LogP contribution in [0, 0.1) is 0 Å². The van der Waals surface area contributed by atoms with Crippen LogP contribution in [0.4, 0.5) is 0 Å². The Hall–Kier alpha value is -3.89. The zero-order valence-electron chi connectivity index (χ0n) is 19.6. The minimum Gasteiger partial charge on any atom is -0.489 e. The van der Waals surface area contributed by atoms with Gasteiger partial charge in [-0.1, -0.05) is 97.1 Å². The molecule has 0 saturated carbocycles. The lowest BCUT2D eigenvalue weighted by atomic mass is 9.94. The SMILES string of the molecule is O=C(O)C1CCCN1C(c1ccc(OCc2ccccc2)cc1)c1ccc(-c2ccccc2)cc1. The highest BCUT2D eigenvalue weighted by Crippen LogP contribution is 2.36. The Balaban J connectivity index is 1.42. The van der Waals surface area contributed by atoms with E-state index in [0.29, 0.717) is 13.0 Å². The van der Waals surface area contributed by atoms with E-state index in [0.717, 1.165) is 41.0 Å². The topological polar surface area (TPSA) is 49.8 Å². The molecule has 4 aromatic rings. The molecule has 0 bridgehead atoms. The number of ether oxygens (including phenoxy) is 1. The zero-order valence-corrected chi connectivity index (χ0v) is 19.6. The summed E-state index contributed by atoms with van der Waals surface area (Å²) in [7, 11) is 0. The molecule has 1 saturated heterocycles. The van der Waals surface area contributed by atoms with Gasteiger partial charge in [0, 0.05) is 6.54 Å². The number of aliphatic carboxylic acids is 1. The Morgan fingerprint density at radius 1 is 0.800 bits per heavy atom. The van der Waals surface area contributed by atoms with Gasteiger partial charge in [0.15, 0.2) is 0 Å². The lowest BCUT2D eigenvalue weighted by molar-refractivity contribution is -0.142. The van der Waals surface area contributed by atoms with E-state index in [-0.39, 0.29) is 6.04 Å². The van der Waals surface area contributed by atoms with Gasteiger partial charge in [0.25, 0.3) is 0 Å². The maximum Gasteiger partial charge on any atom is 0.320 e. The molecule has 0 spiro atoms. The summed E-state index contributed by atoms with van der Waals surface area (Å²) in [5, 5.41) is 9.88. The van der Waals surface area contributed by atoms with Gasteiger partial charge in [0.2, 0.25) is 0 Å². The Morgan fingerprint density at radius 3 is 2.00 bits per heavy atom. The van der Waals surface area contributed by atoms with E-state index in [1.54, 1.807) is 0 Å². The molecule has 4 aromatic carbocycles. The monoisotopic (exact) mass is 463 g/mol. The molecular weight excluding hydrogens is 434 g/mol. The summed E-state index contributed by atoms with van der Waals surface area (Å²) < 4.78 is 5.97. The molecule has 1 aliphatic rings. The molecule has 1 aliphatic heterocycles. The first-order chi connectivity index (χ1) is 17.2. The molecule has 35 heavy (non-hydrogen) atoms. The first-order valence-electron chi connectivity index (χ1n) is 12.1. The molecule has 2 unspecified atom stereocenters. The van der Waals surface area contributed by atoms with Crippen LogP contribution >= 0.6 is 0 Å². The minimum absolute atomic E-state index is 0.133. The van der Waals surface area contributed by atoms with Crippen LogP contribution in [0.25, 0.3) is 11.1 Å². The van der Waals surface area contributed by atoms with E-state index in [1.165, 1.54) is 5.56 Å². The summed E-state index contributed by atoms with van der Waals surface area (Å²) in [5.41, 5.74) is 5.59. The molecule has 176 valence electrons. The van der Waals surface area contributed by atoms with Gasteiger partial charge < -0.3 is 9.84 Å². The fourth-order valence-corrected chi connectivity index (χ4v) is 4.91. The third kappa shape index (κ3) is 5.28. The Kier molecular flexibility index (Phi) is 6.92. The molecule has 5 rings (SSSR count). The first kappa shape index (κ1) is 22.9. The number of benzene rings is 4. The first-order valence-corrected chi connectivity index (χ1v) is 12.1. The van der Waals surface area contributed by atoms with Gasteiger partial charge >= 0.3 is 5.97 Å². The van der Waals surface area contributed by atoms with Gasteiger partial charge in [-0.2, -0.15) is 0 Å². The molecule has 1 heterocycles. The van der Waals surface area contributed by atoms with Gasteiger partial charge in [-0.15, -0.1) is 0 Å². The van der Waals surface area contributed by atoms with Crippen molar-refractivity contribution in [3.63, 3.8) is 0 Å². The van der Waals surface area contributed by atoms with Gasteiger partial charge in [0.05, 0.1) is 6.04 Å². The quantitative estimate of drug-likeness (QED) is 0.321. The van der Waals surface area contributed by atoms with Crippen LogP contribution in [0.3, 0.4) is 0 Å². The number of hydrogen-bond acceptors (Lipinski definition) is 3. The average Bonchev–Trinajstić information content (AvgIpc) is 3.40. The third-order valence-corrected chi connectivity index (χ3v) is 6.69. The molecule has 1 N–H and O–H groups in total. The van der Waals surface area contributed by atoms with Crippen molar-refractivity contribution >= 4 is 5.97 Å². The molecular formula is C31H29NO3. The molecule has 1 fully saturated rings. The molecule has 4 heteroatoms. The third-order valence-electron chi connectivity index (χ3n) is 6.69. The van der Waals surface area contributed by atoms with Crippen LogP contribution in [0.15, 0.2) is 109 Å². The van der Waals surface area contributed by atoms with E-state index in [9.17, 15) is 9.90 Å². The number of nitrogens with zero attached hydrogens (tertiary/aromatic N) is 1. The fraction of sp³-hybridized carbons (Fsp3) is 0.194. The van der Waals surface area contributed by atoms with Crippen LogP contribution in [-0.4, -0.2) is 28.6 Å². The fourth-order valence-electron chi connectivity index (χ4n) is 4.91. The van der Waals surface area contributed by atoms with Crippen molar-refractivity contribution in [2.24, 2.45) is 0 Å². The van der Waals surface area contributed by atoms with Crippen LogP contribution in [0.5, 0.6) is 5.75 Å². The summed E-state index contributed by atoms with van der Waals surface area (Å²) >= 11 is 0. The van der Waals surface area contributed by atoms with E-state index in [2.05, 4.69) is 53.4 Å². The van der Waals surface area contributed by atoms with Crippen molar-refractivity contribution < 1.29 is 14.6 Å². The van der Waals surface area contributed by atoms with Crippen LogP contribution in [0.1, 0.15) is 35.6 Å². The summed E-state index contributed by atoms with van der Waals surface area (Å²) in [5.74, 6) is 0.0446. The van der Waals surface area contributed by atoms with Crippen molar-refractivity contribution in [3.05, 3.63) is 126 Å². The number of carbonyl (C=O) groups is 1. The van der Waals surface area contributed by atoms with Gasteiger partial charge in [0.1, 0.15) is 18.4 Å². The average molecular weight is 464 g/mol. The second-order valence-electron chi connectivity index (χ2n) is 8.97. The second kappa shape index (κ2) is 10.6. The Bertz CT molecular complexity index is 1240. The Morgan fingerprint density at radius 2 is 1.37 bits per heavy atom. The van der Waals surface area contributed by atoms with Crippen molar-refractivity contribution in [1.29, 1.82) is 0 Å². The highest BCUT2D eigenvalue weighted by atomic mass is 16.5. The highest BCUT2D eigenvalue weighted by Gasteiger charge is 2.36. The number of carboxylic acids is 1. The summed E-state index contributed by atoms with van der Waals surface area (Å²) in [6.07, 6.45) is 1.56. The minimum atomic E-state index is -0.753. The van der Waals surface area contributed by atoms with E-state index >= 15 is 0 Å². The van der Waals surface area contributed by atoms with E-state index in [4.69, 9.17) is 4.74 Å². The van der Waals surface area contributed by atoms with Gasteiger partial charge in [-0.25, -0.2) is 0 Å². The number of likely N-dealkylation sites (tertiary alicyclic amines) is 1. The molecule has 2 atom stereocenters. The maximum absolute atomic E-state index is 12.0. The lowest BCUT2D eigenvalue weighted by Gasteiger charge is -2.32. The smallest absolute Gasteiger partial charge is 0.320 e. The van der Waals surface area contributed by atoms with Crippen LogP contribution in [-0.2, 0) is 11.4 Å². The Labute approximate surface area is 206 Å². The second-order valence-corrected chi connectivity index (χ2v) is 8.97. The lowest BCUT2D eigenvalue weighted by Crippen LogP contribution is -2.39. The van der Waals surface area contributed by atoms with Gasteiger partial charge in [-0.05, 0) is 52.8 Å².